The van der Waals surface area contributed by atoms with Crippen LogP contribution in [-0.4, -0.2) is 22.8 Å². The van der Waals surface area contributed by atoms with Crippen molar-refractivity contribution in [1.82, 2.24) is 10.3 Å². The van der Waals surface area contributed by atoms with E-state index in [0.29, 0.717) is 16.5 Å². The summed E-state index contributed by atoms with van der Waals surface area (Å²) in [6.07, 6.45) is 3.00. The fourth-order valence-electron chi connectivity index (χ4n) is 2.71. The van der Waals surface area contributed by atoms with Gasteiger partial charge in [0.05, 0.1) is 5.69 Å². The Morgan fingerprint density at radius 2 is 1.83 bits per heavy atom. The van der Waals surface area contributed by atoms with Gasteiger partial charge >= 0.3 is 6.03 Å². The van der Waals surface area contributed by atoms with Crippen LogP contribution in [0, 0.1) is 6.92 Å². The first-order valence-electron chi connectivity index (χ1n) is 8.68. The van der Waals surface area contributed by atoms with Gasteiger partial charge in [0.2, 0.25) is 0 Å². The average Bonchev–Trinajstić information content (AvgIpc) is 3.14. The van der Waals surface area contributed by atoms with Gasteiger partial charge in [0.1, 0.15) is 16.4 Å². The number of nitrogens with zero attached hydrogens (tertiary/aromatic N) is 2. The van der Waals surface area contributed by atoms with Crippen molar-refractivity contribution in [3.63, 3.8) is 0 Å². The quantitative estimate of drug-likeness (QED) is 0.524. The highest BCUT2D eigenvalue weighted by Crippen LogP contribution is 2.29. The van der Waals surface area contributed by atoms with Gasteiger partial charge in [-0.1, -0.05) is 23.8 Å². The number of rotatable bonds is 4. The van der Waals surface area contributed by atoms with Gasteiger partial charge in [-0.3, -0.25) is 14.9 Å². The molecule has 0 unspecified atom stereocenters. The van der Waals surface area contributed by atoms with Crippen molar-refractivity contribution in [2.45, 2.75) is 17.0 Å². The monoisotopic (exact) mass is 405 g/mol. The number of benzene rings is 1. The van der Waals surface area contributed by atoms with Gasteiger partial charge in [-0.15, -0.1) is 0 Å². The van der Waals surface area contributed by atoms with Crippen molar-refractivity contribution in [2.24, 2.45) is 0 Å². The third-order valence-corrected chi connectivity index (χ3v) is 5.00. The minimum atomic E-state index is -0.785. The smallest absolute Gasteiger partial charge is 0.335 e. The predicted molar refractivity (Wildman–Crippen MR) is 107 cm³/mol. The Balaban J connectivity index is 1.60. The molecule has 3 heterocycles. The lowest BCUT2D eigenvalue weighted by Crippen LogP contribution is -2.54. The number of barbiturate groups is 1. The van der Waals surface area contributed by atoms with Crippen molar-refractivity contribution in [1.29, 1.82) is 0 Å². The number of aromatic nitrogens is 1. The van der Waals surface area contributed by atoms with E-state index in [1.807, 2.05) is 25.1 Å². The van der Waals surface area contributed by atoms with Crippen LogP contribution < -0.4 is 10.2 Å². The maximum absolute atomic E-state index is 12.9. The molecular weight excluding hydrogens is 390 g/mol. The lowest BCUT2D eigenvalue weighted by atomic mass is 10.1. The molecular formula is C21H15N3O4S. The number of furan rings is 1. The molecule has 0 radical (unpaired) electrons. The van der Waals surface area contributed by atoms with E-state index in [0.717, 1.165) is 15.5 Å². The Kier molecular flexibility index (Phi) is 5.01. The van der Waals surface area contributed by atoms with Crippen molar-refractivity contribution in [2.75, 3.05) is 4.90 Å². The molecule has 0 saturated carbocycles. The molecule has 0 atom stereocenters. The fraction of sp³-hybridized carbons (Fsp3) is 0.0476. The molecule has 4 rings (SSSR count). The molecule has 4 amide bonds. The average molecular weight is 405 g/mol. The summed E-state index contributed by atoms with van der Waals surface area (Å²) in [4.78, 5) is 42.5. The van der Waals surface area contributed by atoms with Crippen molar-refractivity contribution in [3.05, 3.63) is 77.7 Å². The zero-order valence-corrected chi connectivity index (χ0v) is 16.1. The van der Waals surface area contributed by atoms with Crippen molar-refractivity contribution >= 4 is 41.4 Å². The molecule has 7 nitrogen and oxygen atoms in total. The second-order valence-corrected chi connectivity index (χ2v) is 7.25. The van der Waals surface area contributed by atoms with Crippen LogP contribution in [0.1, 0.15) is 11.3 Å². The Bertz CT molecular complexity index is 1120. The van der Waals surface area contributed by atoms with Crippen LogP contribution in [0.2, 0.25) is 0 Å². The summed E-state index contributed by atoms with van der Waals surface area (Å²) in [6, 6.07) is 15.0. The van der Waals surface area contributed by atoms with E-state index >= 15 is 0 Å². The molecule has 1 saturated heterocycles. The lowest BCUT2D eigenvalue weighted by Gasteiger charge is -2.26. The molecule has 144 valence electrons. The SMILES string of the molecule is Cc1ccc(N2C(=O)NC(=O)/C(=C\c3ccc(Sc4ccccn4)o3)C2=O)cc1. The van der Waals surface area contributed by atoms with Crippen molar-refractivity contribution < 1.29 is 18.8 Å². The number of aryl methyl sites for hydroxylation is 1. The summed E-state index contributed by atoms with van der Waals surface area (Å²) in [5.41, 5.74) is 1.18. The molecule has 0 spiro atoms. The summed E-state index contributed by atoms with van der Waals surface area (Å²) >= 11 is 1.31. The first-order valence-corrected chi connectivity index (χ1v) is 9.50. The van der Waals surface area contributed by atoms with Crippen LogP contribution in [0.5, 0.6) is 0 Å². The molecule has 1 fully saturated rings. The number of anilines is 1. The van der Waals surface area contributed by atoms with Gasteiger partial charge in [-0.25, -0.2) is 14.7 Å². The second-order valence-electron chi connectivity index (χ2n) is 6.22. The molecule has 1 N–H and O–H groups in total. The Morgan fingerprint density at radius 1 is 1.03 bits per heavy atom. The van der Waals surface area contributed by atoms with Crippen molar-refractivity contribution in [3.8, 4) is 0 Å². The van der Waals surface area contributed by atoms with Gasteiger partial charge in [0.25, 0.3) is 11.8 Å². The van der Waals surface area contributed by atoms with E-state index in [1.165, 1.54) is 17.8 Å². The first kappa shape index (κ1) is 18.7. The molecule has 1 aromatic carbocycles. The number of hydrogen-bond acceptors (Lipinski definition) is 6. The van der Waals surface area contributed by atoms with E-state index in [4.69, 9.17) is 4.42 Å². The highest BCUT2D eigenvalue weighted by molar-refractivity contribution is 7.99. The van der Waals surface area contributed by atoms with E-state index < -0.39 is 17.8 Å². The van der Waals surface area contributed by atoms with Crippen LogP contribution in [-0.2, 0) is 9.59 Å². The highest BCUT2D eigenvalue weighted by atomic mass is 32.2. The van der Waals surface area contributed by atoms with Gasteiger partial charge < -0.3 is 4.42 Å². The summed E-state index contributed by atoms with van der Waals surface area (Å²) in [5, 5.41) is 3.51. The van der Waals surface area contributed by atoms with Crippen LogP contribution >= 0.6 is 11.8 Å². The lowest BCUT2D eigenvalue weighted by molar-refractivity contribution is -0.122. The van der Waals surface area contributed by atoms with E-state index in [2.05, 4.69) is 10.3 Å². The Morgan fingerprint density at radius 3 is 2.55 bits per heavy atom. The Labute approximate surface area is 170 Å². The fourth-order valence-corrected chi connectivity index (χ4v) is 3.45. The van der Waals surface area contributed by atoms with Gasteiger partial charge in [-0.05, 0) is 61.2 Å². The first-order chi connectivity index (χ1) is 14.0. The third-order valence-electron chi connectivity index (χ3n) is 4.13. The zero-order chi connectivity index (χ0) is 20.4. The van der Waals surface area contributed by atoms with Crippen LogP contribution in [0.25, 0.3) is 6.08 Å². The molecule has 0 bridgehead atoms. The maximum Gasteiger partial charge on any atom is 0.335 e. The van der Waals surface area contributed by atoms with Crippen LogP contribution in [0.15, 0.2) is 80.9 Å². The van der Waals surface area contributed by atoms with E-state index in [-0.39, 0.29) is 5.57 Å². The number of nitrogens with one attached hydrogen (secondary N) is 1. The zero-order valence-electron chi connectivity index (χ0n) is 15.3. The number of amides is 4. The number of carbonyl (C=O) groups excluding carboxylic acids is 3. The number of hydrogen-bond donors (Lipinski definition) is 1. The molecule has 29 heavy (non-hydrogen) atoms. The van der Waals surface area contributed by atoms with Gasteiger partial charge in [0.15, 0.2) is 5.09 Å². The molecule has 0 aliphatic carbocycles. The summed E-state index contributed by atoms with van der Waals surface area (Å²) in [7, 11) is 0. The summed E-state index contributed by atoms with van der Waals surface area (Å²) < 4.78 is 5.68. The minimum absolute atomic E-state index is 0.186. The molecule has 3 aromatic rings. The van der Waals surface area contributed by atoms with Gasteiger partial charge in [-0.2, -0.15) is 0 Å². The number of carbonyl (C=O) groups is 3. The maximum atomic E-state index is 12.9. The predicted octanol–water partition coefficient (Wildman–Crippen LogP) is 3.80. The molecule has 2 aromatic heterocycles. The molecule has 8 heteroatoms. The summed E-state index contributed by atoms with van der Waals surface area (Å²) in [6.45, 7) is 1.90. The number of imide groups is 2. The third kappa shape index (κ3) is 3.97. The molecule has 1 aliphatic heterocycles. The standard InChI is InChI=1S/C21H15N3O4S/c1-13-5-7-14(8-6-13)24-20(26)16(19(25)23-21(24)27)12-15-9-10-18(28-15)29-17-4-2-3-11-22-17/h2-12H,1H3,(H,23,25,27)/b16-12+. The minimum Gasteiger partial charge on any atom is -0.450 e. The highest BCUT2D eigenvalue weighted by Gasteiger charge is 2.37. The number of urea groups is 1. The van der Waals surface area contributed by atoms with E-state index in [9.17, 15) is 14.4 Å². The summed E-state index contributed by atoms with van der Waals surface area (Å²) in [5.74, 6) is -1.16. The van der Waals surface area contributed by atoms with Crippen LogP contribution in [0.4, 0.5) is 10.5 Å². The van der Waals surface area contributed by atoms with E-state index in [1.54, 1.807) is 42.6 Å². The Hall–Kier alpha value is -3.65. The molecule has 1 aliphatic rings. The topological polar surface area (TPSA) is 92.5 Å². The largest absolute Gasteiger partial charge is 0.450 e. The van der Waals surface area contributed by atoms with Crippen LogP contribution in [0.3, 0.4) is 0 Å². The number of pyridine rings is 1. The van der Waals surface area contributed by atoms with Gasteiger partial charge in [0, 0.05) is 6.20 Å². The second kappa shape index (κ2) is 7.76. The normalized spacial score (nSPS) is 15.7.